The maximum atomic E-state index is 12.5. The Morgan fingerprint density at radius 1 is 1.31 bits per heavy atom. The number of thiophene rings is 1. The molecule has 1 aliphatic rings. The van der Waals surface area contributed by atoms with Gasteiger partial charge in [0.2, 0.25) is 10.0 Å². The first-order valence-electron chi connectivity index (χ1n) is 8.08. The van der Waals surface area contributed by atoms with Crippen molar-refractivity contribution in [2.24, 2.45) is 0 Å². The van der Waals surface area contributed by atoms with Crippen LogP contribution in [0, 0.1) is 0 Å². The normalized spacial score (nSPS) is 15.0. The van der Waals surface area contributed by atoms with Crippen LogP contribution in [0.3, 0.4) is 0 Å². The summed E-state index contributed by atoms with van der Waals surface area (Å²) in [6.07, 6.45) is 0. The zero-order valence-electron chi connectivity index (χ0n) is 14.3. The molecule has 9 heteroatoms. The highest BCUT2D eigenvalue weighted by Crippen LogP contribution is 2.22. The van der Waals surface area contributed by atoms with Crippen molar-refractivity contribution >= 4 is 27.3 Å². The van der Waals surface area contributed by atoms with Crippen molar-refractivity contribution in [1.82, 2.24) is 9.62 Å². The number of rotatable bonds is 6. The van der Waals surface area contributed by atoms with Crippen LogP contribution in [0.2, 0.25) is 0 Å². The van der Waals surface area contributed by atoms with E-state index in [0.29, 0.717) is 37.6 Å². The van der Waals surface area contributed by atoms with Gasteiger partial charge in [0, 0.05) is 25.0 Å². The summed E-state index contributed by atoms with van der Waals surface area (Å²) in [5.41, 5.74) is 1.17. The van der Waals surface area contributed by atoms with Crippen molar-refractivity contribution < 1.29 is 22.7 Å². The van der Waals surface area contributed by atoms with Crippen molar-refractivity contribution in [2.45, 2.75) is 10.8 Å². The average molecular weight is 396 g/mol. The van der Waals surface area contributed by atoms with E-state index in [-0.39, 0.29) is 16.7 Å². The monoisotopic (exact) mass is 396 g/mol. The van der Waals surface area contributed by atoms with Crippen molar-refractivity contribution in [3.63, 3.8) is 0 Å². The Hall–Kier alpha value is -1.94. The summed E-state index contributed by atoms with van der Waals surface area (Å²) in [7, 11) is -2.13. The van der Waals surface area contributed by atoms with E-state index in [9.17, 15) is 13.2 Å². The SMILES string of the molecule is COc1cccc(CNS(=O)(=O)c2cc(C(=O)N3CCOCC3)cs2)c1. The summed E-state index contributed by atoms with van der Waals surface area (Å²) >= 11 is 1.04. The van der Waals surface area contributed by atoms with Crippen molar-refractivity contribution in [3.8, 4) is 5.75 Å². The molecule has 1 aromatic heterocycles. The lowest BCUT2D eigenvalue weighted by Gasteiger charge is -2.26. The first-order chi connectivity index (χ1) is 12.5. The molecule has 1 saturated heterocycles. The molecule has 1 N–H and O–H groups in total. The van der Waals surface area contributed by atoms with E-state index in [0.717, 1.165) is 16.9 Å². The van der Waals surface area contributed by atoms with E-state index in [2.05, 4.69) is 4.72 Å². The second kappa shape index (κ2) is 8.17. The van der Waals surface area contributed by atoms with Gasteiger partial charge in [0.25, 0.3) is 5.91 Å². The highest BCUT2D eigenvalue weighted by Gasteiger charge is 2.23. The molecule has 1 aromatic carbocycles. The quantitative estimate of drug-likeness (QED) is 0.804. The van der Waals surface area contributed by atoms with Gasteiger partial charge in [-0.25, -0.2) is 13.1 Å². The fourth-order valence-electron chi connectivity index (χ4n) is 2.55. The largest absolute Gasteiger partial charge is 0.497 e. The summed E-state index contributed by atoms with van der Waals surface area (Å²) in [5, 5.41) is 1.58. The van der Waals surface area contributed by atoms with Crippen LogP contribution >= 0.6 is 11.3 Å². The summed E-state index contributed by atoms with van der Waals surface area (Å²) in [6, 6.07) is 8.60. The Morgan fingerprint density at radius 3 is 2.81 bits per heavy atom. The number of carbonyl (C=O) groups is 1. The van der Waals surface area contributed by atoms with Gasteiger partial charge < -0.3 is 14.4 Å². The molecule has 7 nitrogen and oxygen atoms in total. The molecule has 2 heterocycles. The van der Waals surface area contributed by atoms with Crippen LogP contribution in [0.4, 0.5) is 0 Å². The molecule has 2 aromatic rings. The fraction of sp³-hybridized carbons (Fsp3) is 0.353. The van der Waals surface area contributed by atoms with E-state index < -0.39 is 10.0 Å². The van der Waals surface area contributed by atoms with Crippen LogP contribution in [0.15, 0.2) is 39.9 Å². The van der Waals surface area contributed by atoms with Crippen LogP contribution in [0.25, 0.3) is 0 Å². The Balaban J connectivity index is 1.67. The van der Waals surface area contributed by atoms with Gasteiger partial charge in [0.1, 0.15) is 9.96 Å². The number of sulfonamides is 1. The van der Waals surface area contributed by atoms with Gasteiger partial charge in [0.05, 0.1) is 25.9 Å². The van der Waals surface area contributed by atoms with E-state index in [1.807, 2.05) is 6.07 Å². The minimum absolute atomic E-state index is 0.122. The third-order valence-electron chi connectivity index (χ3n) is 3.99. The first-order valence-corrected chi connectivity index (χ1v) is 10.4. The van der Waals surface area contributed by atoms with Crippen LogP contribution in [0.5, 0.6) is 5.75 Å². The third-order valence-corrected chi connectivity index (χ3v) is 6.83. The molecule has 1 amide bonds. The number of carbonyl (C=O) groups excluding carboxylic acids is 1. The molecule has 1 aliphatic heterocycles. The molecule has 0 bridgehead atoms. The molecule has 0 unspecified atom stereocenters. The number of amides is 1. The van der Waals surface area contributed by atoms with Gasteiger partial charge in [-0.2, -0.15) is 0 Å². The van der Waals surface area contributed by atoms with Crippen molar-refractivity contribution in [3.05, 3.63) is 46.8 Å². The molecule has 0 atom stereocenters. The minimum Gasteiger partial charge on any atom is -0.497 e. The predicted molar refractivity (Wildman–Crippen MR) is 98.1 cm³/mol. The molecular weight excluding hydrogens is 376 g/mol. The van der Waals surface area contributed by atoms with Crippen LogP contribution in [0.1, 0.15) is 15.9 Å². The molecule has 0 saturated carbocycles. The van der Waals surface area contributed by atoms with Crippen molar-refractivity contribution in [2.75, 3.05) is 33.4 Å². The molecule has 0 aliphatic carbocycles. The average Bonchev–Trinajstić information content (AvgIpc) is 3.18. The number of nitrogens with zero attached hydrogens (tertiary/aromatic N) is 1. The summed E-state index contributed by atoms with van der Waals surface area (Å²) in [6.45, 7) is 2.19. The number of methoxy groups -OCH3 is 1. The molecular formula is C17H20N2O5S2. The number of hydrogen-bond donors (Lipinski definition) is 1. The van der Waals surface area contributed by atoms with Gasteiger partial charge in [0.15, 0.2) is 0 Å². The third kappa shape index (κ3) is 4.42. The number of nitrogens with one attached hydrogen (secondary N) is 1. The van der Waals surface area contributed by atoms with Gasteiger partial charge >= 0.3 is 0 Å². The van der Waals surface area contributed by atoms with E-state index in [4.69, 9.17) is 9.47 Å². The van der Waals surface area contributed by atoms with Crippen LogP contribution < -0.4 is 9.46 Å². The Morgan fingerprint density at radius 2 is 2.08 bits per heavy atom. The van der Waals surface area contributed by atoms with Gasteiger partial charge in [-0.05, 0) is 23.8 Å². The summed E-state index contributed by atoms with van der Waals surface area (Å²) in [5.74, 6) is 0.495. The van der Waals surface area contributed by atoms with E-state index in [1.54, 1.807) is 35.6 Å². The highest BCUT2D eigenvalue weighted by atomic mass is 32.2. The molecule has 140 valence electrons. The summed E-state index contributed by atoms with van der Waals surface area (Å²) in [4.78, 5) is 14.1. The second-order valence-corrected chi connectivity index (χ2v) is 8.64. The lowest BCUT2D eigenvalue weighted by Crippen LogP contribution is -2.40. The topological polar surface area (TPSA) is 84.9 Å². The molecule has 26 heavy (non-hydrogen) atoms. The van der Waals surface area contributed by atoms with Gasteiger partial charge in [-0.3, -0.25) is 4.79 Å². The summed E-state index contributed by atoms with van der Waals surface area (Å²) < 4.78 is 38.0. The van der Waals surface area contributed by atoms with Crippen LogP contribution in [-0.4, -0.2) is 52.6 Å². The number of hydrogen-bond acceptors (Lipinski definition) is 6. The van der Waals surface area contributed by atoms with Crippen LogP contribution in [-0.2, 0) is 21.3 Å². The zero-order chi connectivity index (χ0) is 18.6. The molecule has 0 radical (unpaired) electrons. The lowest BCUT2D eigenvalue weighted by molar-refractivity contribution is 0.0303. The maximum absolute atomic E-state index is 12.5. The van der Waals surface area contributed by atoms with Gasteiger partial charge in [-0.15, -0.1) is 11.3 Å². The van der Waals surface area contributed by atoms with E-state index >= 15 is 0 Å². The molecule has 3 rings (SSSR count). The molecule has 0 spiro atoms. The number of ether oxygens (including phenoxy) is 2. The Kier molecular flexibility index (Phi) is 5.92. The second-order valence-electron chi connectivity index (χ2n) is 5.74. The zero-order valence-corrected chi connectivity index (χ0v) is 15.9. The number of morpholine rings is 1. The first kappa shape index (κ1) is 18.8. The lowest BCUT2D eigenvalue weighted by atomic mass is 10.2. The highest BCUT2D eigenvalue weighted by molar-refractivity contribution is 7.91. The fourth-order valence-corrected chi connectivity index (χ4v) is 4.77. The predicted octanol–water partition coefficient (Wildman–Crippen LogP) is 1.71. The van der Waals surface area contributed by atoms with Gasteiger partial charge in [-0.1, -0.05) is 12.1 Å². The standard InChI is InChI=1S/C17H20N2O5S2/c1-23-15-4-2-3-13(9-15)11-18-26(21,22)16-10-14(12-25-16)17(20)19-5-7-24-8-6-19/h2-4,9-10,12,18H,5-8,11H2,1H3. The number of benzene rings is 1. The van der Waals surface area contributed by atoms with Crippen molar-refractivity contribution in [1.29, 1.82) is 0 Å². The Labute approximate surface area is 156 Å². The maximum Gasteiger partial charge on any atom is 0.254 e. The smallest absolute Gasteiger partial charge is 0.254 e. The van der Waals surface area contributed by atoms with E-state index in [1.165, 1.54) is 6.07 Å². The minimum atomic E-state index is -3.69. The Bertz CT molecular complexity index is 873. The molecule has 1 fully saturated rings.